The van der Waals surface area contributed by atoms with Gasteiger partial charge in [-0.25, -0.2) is 9.59 Å². The maximum Gasteiger partial charge on any atom is 0.333 e. The molecule has 13 aliphatic rings. The Kier molecular flexibility index (Phi) is 36.2. The monoisotopic (exact) mass is 2030 g/mol. The number of aliphatic hydroxyl groups excluding tert-OH is 24. The molecule has 49 atom stereocenters. The molecule has 0 bridgehead atoms. The SMILES string of the molecule is C=CC(C)(O)CC/C=C(\C)C(=O)OC1C(OC(C)(C=C)CC/C=C(\C)C(=O)OC2CC3(C(=O)OC4OCC(OC5OC(CO)C(O)C(OC6OC(CO)C(OC7OC(CO)C(O)C(O)C7O)C(O)C6O)C5O)C(O)C4O)C(O)CC4(C)C(=CCC5C6(C)CCC(OC7OC(CO)C(OC8OC(CO)C(O)C(OC9OCC(O)C(O)C9O)C8O)C(O)C7O)C(C)(C)C6CCC54C)C3CC2(C)C)OCC(O)C1O. The van der Waals surface area contributed by atoms with Crippen molar-refractivity contribution in [2.75, 3.05) is 52.9 Å². The highest BCUT2D eigenvalue weighted by atomic mass is 16.8. The van der Waals surface area contributed by atoms with Crippen molar-refractivity contribution in [3.8, 4) is 0 Å². The molecule has 4 saturated carbocycles. The minimum Gasteiger partial charge on any atom is -0.458 e. The van der Waals surface area contributed by atoms with Gasteiger partial charge in [0.25, 0.3) is 0 Å². The van der Waals surface area contributed by atoms with E-state index in [-0.39, 0.29) is 61.5 Å². The van der Waals surface area contributed by atoms with Crippen molar-refractivity contribution < 1.29 is 227 Å². The Labute approximate surface area is 815 Å². The Morgan fingerprint density at radius 1 is 0.433 bits per heavy atom. The first kappa shape index (κ1) is 114. The molecule has 0 radical (unpaired) electrons. The number of rotatable bonds is 33. The minimum atomic E-state index is -2.23. The Morgan fingerprint density at radius 3 is 1.44 bits per heavy atom. The molecule has 0 spiro atoms. The first-order valence-corrected chi connectivity index (χ1v) is 48.5. The number of hydrogen-bond donors (Lipinski definition) is 25. The fraction of sp³-hybridized carbons (Fsp3) is 0.863. The smallest absolute Gasteiger partial charge is 0.333 e. The van der Waals surface area contributed by atoms with Crippen molar-refractivity contribution in [2.24, 2.45) is 50.2 Å². The van der Waals surface area contributed by atoms with Crippen LogP contribution in [0.25, 0.3) is 0 Å². The van der Waals surface area contributed by atoms with E-state index in [0.29, 0.717) is 32.1 Å². The summed E-state index contributed by atoms with van der Waals surface area (Å²) in [4.78, 5) is 44.7. The number of ether oxygens (including phenoxy) is 18. The molecule has 46 nitrogen and oxygen atoms in total. The fourth-order valence-electron chi connectivity index (χ4n) is 24.0. The molecule has 0 amide bonds. The molecule has 0 aromatic rings. The topological polar surface area (TPSA) is 723 Å². The molecule has 46 heteroatoms. The molecule has 25 N–H and O–H groups in total. The summed E-state index contributed by atoms with van der Waals surface area (Å²) in [5.74, 6) is -4.04. The Hall–Kier alpha value is -4.49. The number of aliphatic hydroxyl groups is 25. The summed E-state index contributed by atoms with van der Waals surface area (Å²) in [7, 11) is 0. The summed E-state index contributed by atoms with van der Waals surface area (Å²) >= 11 is 0. The molecule has 49 unspecified atom stereocenters. The van der Waals surface area contributed by atoms with Crippen LogP contribution in [-0.4, -0.2) is 455 Å². The highest BCUT2D eigenvalue weighted by Gasteiger charge is 2.74. The van der Waals surface area contributed by atoms with Gasteiger partial charge in [0.2, 0.25) is 6.29 Å². The zero-order valence-electron chi connectivity index (χ0n) is 81.0. The maximum absolute atomic E-state index is 16.3. The van der Waals surface area contributed by atoms with Gasteiger partial charge in [-0.2, -0.15) is 0 Å². The van der Waals surface area contributed by atoms with Crippen molar-refractivity contribution in [2.45, 2.75) is 410 Å². The standard InChI is InChI=1S/C95H150O46/c1-14-90(9,123)24-16-18-40(4)78(121)135-76-57(105)44(102)37-125-86(76)141-91(10,15-2)25-17-19-39(3)77(120)133-55-30-95(87(122)140-80-66(114)59(107)50(38-126-80)132-84-70(118)75(61(109)46(32-97)128-84)139-83-69(117)64(112)72(49(35-100)131-83)136-82-67(115)62(110)58(106)45(31-96)127-82)42(28-88(55,5)6)41-20-21-52-92(11)26-23-54(89(7,8)51(92)22-27-93(52,12)94(41,13)29-53(95)103)134-81-68(116)63(111)73(48(34-99)130-81)137-85-71(119)74(60(108)47(33-98)129-85)138-79-65(113)56(104)43(101)36-124-79/h14-15,18-20,42-76,79-86,96-119,123H,1-2,16-17,21-38H2,3-13H3/b39-19+,40-18+. The van der Waals surface area contributed by atoms with Gasteiger partial charge in [0, 0.05) is 23.0 Å². The van der Waals surface area contributed by atoms with E-state index >= 15 is 4.79 Å². The molecule has 5 aliphatic carbocycles. The zero-order valence-corrected chi connectivity index (χ0v) is 81.0. The van der Waals surface area contributed by atoms with Crippen LogP contribution in [0.15, 0.2) is 60.3 Å². The number of fused-ring (bicyclic) bond motifs is 7. The third kappa shape index (κ3) is 22.1. The van der Waals surface area contributed by atoms with Crippen LogP contribution in [0.4, 0.5) is 0 Å². The van der Waals surface area contributed by atoms with Crippen LogP contribution in [0.5, 0.6) is 0 Å². The summed E-state index contributed by atoms with van der Waals surface area (Å²) in [5, 5.41) is 278. The highest BCUT2D eigenvalue weighted by molar-refractivity contribution is 5.88. The van der Waals surface area contributed by atoms with Crippen LogP contribution in [0.3, 0.4) is 0 Å². The van der Waals surface area contributed by atoms with Crippen molar-refractivity contribution in [3.05, 3.63) is 60.3 Å². The van der Waals surface area contributed by atoms with E-state index in [1.807, 2.05) is 27.7 Å². The lowest BCUT2D eigenvalue weighted by Gasteiger charge is -2.72. The van der Waals surface area contributed by atoms with Crippen LogP contribution < -0.4 is 0 Å². The van der Waals surface area contributed by atoms with Crippen molar-refractivity contribution in [1.29, 1.82) is 0 Å². The molecule has 0 aromatic heterocycles. The first-order chi connectivity index (χ1) is 66.1. The summed E-state index contributed by atoms with van der Waals surface area (Å²) in [6.07, 6.45) is -60.4. The second kappa shape index (κ2) is 45.0. The molecule has 8 saturated heterocycles. The van der Waals surface area contributed by atoms with Crippen molar-refractivity contribution in [1.82, 2.24) is 0 Å². The van der Waals surface area contributed by atoms with E-state index < -0.39 is 372 Å². The highest BCUT2D eigenvalue weighted by Crippen LogP contribution is 2.76. The van der Waals surface area contributed by atoms with Gasteiger partial charge in [-0.3, -0.25) is 4.79 Å². The molecular weight excluding hydrogens is 1880 g/mol. The molecule has 0 aromatic carbocycles. The van der Waals surface area contributed by atoms with Gasteiger partial charge >= 0.3 is 17.9 Å². The summed E-state index contributed by atoms with van der Waals surface area (Å²) in [5.41, 5.74) is -7.50. The molecule has 8 aliphatic heterocycles. The van der Waals surface area contributed by atoms with Crippen molar-refractivity contribution >= 4 is 17.9 Å². The van der Waals surface area contributed by atoms with E-state index in [2.05, 4.69) is 40.0 Å². The van der Waals surface area contributed by atoms with E-state index in [9.17, 15) is 137 Å². The predicted molar refractivity (Wildman–Crippen MR) is 473 cm³/mol. The third-order valence-electron chi connectivity index (χ3n) is 33.2. The molecule has 8 heterocycles. The second-order valence-corrected chi connectivity index (χ2v) is 43.0. The average molecular weight is 2030 g/mol. The normalized spacial score (nSPS) is 48.3. The maximum atomic E-state index is 16.3. The Morgan fingerprint density at radius 2 is 0.894 bits per heavy atom. The lowest BCUT2D eigenvalue weighted by Crippen LogP contribution is -2.69. The van der Waals surface area contributed by atoms with Gasteiger partial charge in [-0.1, -0.05) is 84.4 Å². The number of allylic oxidation sites excluding steroid dienone is 4. The first-order valence-electron chi connectivity index (χ1n) is 48.5. The summed E-state index contributed by atoms with van der Waals surface area (Å²) in [6, 6.07) is 0. The van der Waals surface area contributed by atoms with Gasteiger partial charge in [0.05, 0.1) is 76.3 Å². The summed E-state index contributed by atoms with van der Waals surface area (Å²) < 4.78 is 107. The van der Waals surface area contributed by atoms with Gasteiger partial charge in [-0.05, 0) is 138 Å². The second-order valence-electron chi connectivity index (χ2n) is 43.0. The lowest BCUT2D eigenvalue weighted by atomic mass is 9.33. The van der Waals surface area contributed by atoms with E-state index in [1.54, 1.807) is 26.0 Å². The van der Waals surface area contributed by atoms with E-state index in [4.69, 9.17) is 85.3 Å². The van der Waals surface area contributed by atoms with Gasteiger partial charge in [0.1, 0.15) is 182 Å². The minimum absolute atomic E-state index is 0.0534. The number of carbonyl (C=O) groups is 3. The molecule has 806 valence electrons. The molecular formula is C95H150O46. The number of hydrogen-bond acceptors (Lipinski definition) is 46. The number of carbonyl (C=O) groups excluding carboxylic acids is 3. The van der Waals surface area contributed by atoms with Crippen LogP contribution >= 0.6 is 0 Å². The lowest BCUT2D eigenvalue weighted by molar-refractivity contribution is -0.385. The van der Waals surface area contributed by atoms with E-state index in [1.165, 1.54) is 26.0 Å². The van der Waals surface area contributed by atoms with Gasteiger partial charge < -0.3 is 213 Å². The van der Waals surface area contributed by atoms with Crippen LogP contribution in [0.2, 0.25) is 0 Å². The molecule has 13 rings (SSSR count). The Balaban J connectivity index is 0.724. The van der Waals surface area contributed by atoms with Crippen LogP contribution in [-0.2, 0) is 99.6 Å². The number of esters is 3. The fourth-order valence-corrected chi connectivity index (χ4v) is 24.0. The molecule has 12 fully saturated rings. The summed E-state index contributed by atoms with van der Waals surface area (Å²) in [6.45, 7) is 21.8. The van der Waals surface area contributed by atoms with Crippen molar-refractivity contribution in [3.63, 3.8) is 0 Å². The third-order valence-corrected chi connectivity index (χ3v) is 33.2. The average Bonchev–Trinajstić information content (AvgIpc) is 0.667. The quantitative estimate of drug-likeness (QED) is 0.00955. The van der Waals surface area contributed by atoms with Gasteiger partial charge in [0.15, 0.2) is 50.1 Å². The van der Waals surface area contributed by atoms with Crippen LogP contribution in [0.1, 0.15) is 153 Å². The Bertz CT molecular complexity index is 4300. The molecule has 141 heavy (non-hydrogen) atoms. The van der Waals surface area contributed by atoms with Gasteiger partial charge in [-0.15, -0.1) is 13.2 Å². The predicted octanol–water partition coefficient (Wildman–Crippen LogP) is -6.45. The van der Waals surface area contributed by atoms with Crippen LogP contribution in [0, 0.1) is 50.2 Å². The van der Waals surface area contributed by atoms with E-state index in [0.717, 1.165) is 5.57 Å². The largest absolute Gasteiger partial charge is 0.458 e. The zero-order chi connectivity index (χ0) is 104.